The van der Waals surface area contributed by atoms with Crippen LogP contribution in [-0.4, -0.2) is 9.78 Å². The molecular formula is C15H20ClN3. The van der Waals surface area contributed by atoms with Gasteiger partial charge in [0.15, 0.2) is 0 Å². The van der Waals surface area contributed by atoms with Crippen LogP contribution in [0.1, 0.15) is 44.1 Å². The van der Waals surface area contributed by atoms with Crippen molar-refractivity contribution in [3.8, 4) is 0 Å². The first kappa shape index (κ1) is 14.1. The summed E-state index contributed by atoms with van der Waals surface area (Å²) in [6, 6.07) is 10.7. The summed E-state index contributed by atoms with van der Waals surface area (Å²) in [5.41, 5.74) is 2.29. The van der Waals surface area contributed by atoms with E-state index in [4.69, 9.17) is 11.6 Å². The quantitative estimate of drug-likeness (QED) is 0.896. The summed E-state index contributed by atoms with van der Waals surface area (Å²) in [5.74, 6) is 0. The van der Waals surface area contributed by atoms with Crippen LogP contribution < -0.4 is 5.32 Å². The van der Waals surface area contributed by atoms with Crippen molar-refractivity contribution in [3.63, 3.8) is 0 Å². The number of hydrogen-bond acceptors (Lipinski definition) is 2. The first-order valence-electron chi connectivity index (χ1n) is 6.59. The first-order valence-corrected chi connectivity index (χ1v) is 6.97. The van der Waals surface area contributed by atoms with Crippen molar-refractivity contribution in [1.29, 1.82) is 0 Å². The van der Waals surface area contributed by atoms with Gasteiger partial charge in [-0.1, -0.05) is 23.7 Å². The lowest BCUT2D eigenvalue weighted by Gasteiger charge is -2.13. The van der Waals surface area contributed by atoms with Gasteiger partial charge in [-0.15, -0.1) is 0 Å². The van der Waals surface area contributed by atoms with Gasteiger partial charge in [0.1, 0.15) is 0 Å². The summed E-state index contributed by atoms with van der Waals surface area (Å²) < 4.78 is 1.98. The molecule has 0 radical (unpaired) electrons. The molecule has 0 aliphatic carbocycles. The standard InChI is InChI=1S/C15H20ClN3/c1-11(2)19-9-8-15(18-19)10-17-12(3)13-4-6-14(16)7-5-13/h4-9,11-12,17H,10H2,1-3H3/t12-/m0/s1. The molecule has 0 aliphatic rings. The largest absolute Gasteiger partial charge is 0.304 e. The van der Waals surface area contributed by atoms with Crippen molar-refractivity contribution in [2.75, 3.05) is 0 Å². The monoisotopic (exact) mass is 277 g/mol. The zero-order chi connectivity index (χ0) is 13.8. The Balaban J connectivity index is 1.92. The van der Waals surface area contributed by atoms with Crippen LogP contribution in [0.15, 0.2) is 36.5 Å². The highest BCUT2D eigenvalue weighted by molar-refractivity contribution is 6.30. The molecule has 0 unspecified atom stereocenters. The number of nitrogens with one attached hydrogen (secondary N) is 1. The van der Waals surface area contributed by atoms with E-state index >= 15 is 0 Å². The van der Waals surface area contributed by atoms with Gasteiger partial charge >= 0.3 is 0 Å². The number of halogens is 1. The highest BCUT2D eigenvalue weighted by atomic mass is 35.5. The lowest BCUT2D eigenvalue weighted by Crippen LogP contribution is -2.18. The van der Waals surface area contributed by atoms with E-state index in [-0.39, 0.29) is 6.04 Å². The van der Waals surface area contributed by atoms with Crippen LogP contribution in [0, 0.1) is 0 Å². The SMILES string of the molecule is CC(C)n1ccc(CN[C@@H](C)c2ccc(Cl)cc2)n1. The Morgan fingerprint density at radius 1 is 1.16 bits per heavy atom. The second kappa shape index (κ2) is 6.22. The zero-order valence-electron chi connectivity index (χ0n) is 11.6. The van der Waals surface area contributed by atoms with E-state index < -0.39 is 0 Å². The molecule has 0 saturated carbocycles. The van der Waals surface area contributed by atoms with Crippen molar-refractivity contribution >= 4 is 11.6 Å². The van der Waals surface area contributed by atoms with Crippen molar-refractivity contribution < 1.29 is 0 Å². The minimum atomic E-state index is 0.279. The molecule has 102 valence electrons. The van der Waals surface area contributed by atoms with E-state index in [9.17, 15) is 0 Å². The van der Waals surface area contributed by atoms with Crippen LogP contribution >= 0.6 is 11.6 Å². The number of nitrogens with zero attached hydrogens (tertiary/aromatic N) is 2. The molecule has 1 heterocycles. The molecule has 4 heteroatoms. The van der Waals surface area contributed by atoms with E-state index in [1.165, 1.54) is 5.56 Å². The first-order chi connectivity index (χ1) is 9.06. The van der Waals surface area contributed by atoms with E-state index in [1.54, 1.807) is 0 Å². The van der Waals surface area contributed by atoms with Gasteiger partial charge < -0.3 is 5.32 Å². The lowest BCUT2D eigenvalue weighted by molar-refractivity contribution is 0.512. The molecule has 1 N–H and O–H groups in total. The van der Waals surface area contributed by atoms with Gasteiger partial charge in [-0.25, -0.2) is 0 Å². The van der Waals surface area contributed by atoms with Crippen molar-refractivity contribution in [3.05, 3.63) is 52.8 Å². The molecule has 0 bridgehead atoms. The predicted octanol–water partition coefficient (Wildman–Crippen LogP) is 3.97. The number of benzene rings is 1. The van der Waals surface area contributed by atoms with Crippen LogP contribution in [0.25, 0.3) is 0 Å². The highest BCUT2D eigenvalue weighted by Gasteiger charge is 2.06. The lowest BCUT2D eigenvalue weighted by atomic mass is 10.1. The van der Waals surface area contributed by atoms with Gasteiger partial charge in [0.2, 0.25) is 0 Å². The predicted molar refractivity (Wildman–Crippen MR) is 79.3 cm³/mol. The summed E-state index contributed by atoms with van der Waals surface area (Å²) in [7, 11) is 0. The Morgan fingerprint density at radius 3 is 2.42 bits per heavy atom. The number of aromatic nitrogens is 2. The molecule has 0 aliphatic heterocycles. The van der Waals surface area contributed by atoms with E-state index in [0.717, 1.165) is 17.3 Å². The van der Waals surface area contributed by atoms with Crippen LogP contribution in [0.2, 0.25) is 5.02 Å². The maximum Gasteiger partial charge on any atom is 0.0762 e. The number of rotatable bonds is 5. The van der Waals surface area contributed by atoms with Gasteiger partial charge in [-0.2, -0.15) is 5.10 Å². The minimum absolute atomic E-state index is 0.279. The fraction of sp³-hybridized carbons (Fsp3) is 0.400. The Bertz CT molecular complexity index is 516. The van der Waals surface area contributed by atoms with Gasteiger partial charge in [-0.05, 0) is 44.5 Å². The normalized spacial score (nSPS) is 12.9. The smallest absolute Gasteiger partial charge is 0.0762 e. The molecule has 0 amide bonds. The Morgan fingerprint density at radius 2 is 1.84 bits per heavy atom. The molecule has 2 rings (SSSR count). The topological polar surface area (TPSA) is 29.9 Å². The molecule has 0 fully saturated rings. The minimum Gasteiger partial charge on any atom is -0.304 e. The van der Waals surface area contributed by atoms with Gasteiger partial charge in [0.05, 0.1) is 5.69 Å². The summed E-state index contributed by atoms with van der Waals surface area (Å²) in [5, 5.41) is 8.76. The third-order valence-electron chi connectivity index (χ3n) is 3.15. The summed E-state index contributed by atoms with van der Waals surface area (Å²) >= 11 is 5.89. The third kappa shape index (κ3) is 3.82. The van der Waals surface area contributed by atoms with Crippen LogP contribution in [-0.2, 0) is 6.54 Å². The van der Waals surface area contributed by atoms with E-state index in [0.29, 0.717) is 6.04 Å². The third-order valence-corrected chi connectivity index (χ3v) is 3.40. The summed E-state index contributed by atoms with van der Waals surface area (Å²) in [6.45, 7) is 7.16. The molecule has 1 aromatic carbocycles. The average Bonchev–Trinajstić information content (AvgIpc) is 2.86. The van der Waals surface area contributed by atoms with E-state index in [2.05, 4.69) is 37.3 Å². The van der Waals surface area contributed by atoms with Crippen molar-refractivity contribution in [2.45, 2.75) is 39.4 Å². The number of hydrogen-bond donors (Lipinski definition) is 1. The molecule has 0 spiro atoms. The maximum absolute atomic E-state index is 5.89. The van der Waals surface area contributed by atoms with Crippen LogP contribution in [0.4, 0.5) is 0 Å². The van der Waals surface area contributed by atoms with Gasteiger partial charge in [0, 0.05) is 29.8 Å². The second-order valence-corrected chi connectivity index (χ2v) is 5.47. The van der Waals surface area contributed by atoms with E-state index in [1.807, 2.05) is 35.1 Å². The van der Waals surface area contributed by atoms with Crippen molar-refractivity contribution in [1.82, 2.24) is 15.1 Å². The van der Waals surface area contributed by atoms with Gasteiger partial charge in [0.25, 0.3) is 0 Å². The summed E-state index contributed by atoms with van der Waals surface area (Å²) in [6.07, 6.45) is 2.02. The van der Waals surface area contributed by atoms with Gasteiger partial charge in [-0.3, -0.25) is 4.68 Å². The molecule has 1 aromatic heterocycles. The Kier molecular flexibility index (Phi) is 4.61. The molecule has 19 heavy (non-hydrogen) atoms. The molecule has 1 atom stereocenters. The fourth-order valence-corrected chi connectivity index (χ4v) is 2.01. The average molecular weight is 278 g/mol. The maximum atomic E-state index is 5.89. The molecular weight excluding hydrogens is 258 g/mol. The summed E-state index contributed by atoms with van der Waals surface area (Å²) in [4.78, 5) is 0. The van der Waals surface area contributed by atoms with Crippen LogP contribution in [0.3, 0.4) is 0 Å². The van der Waals surface area contributed by atoms with Crippen LogP contribution in [0.5, 0.6) is 0 Å². The zero-order valence-corrected chi connectivity index (χ0v) is 12.4. The Hall–Kier alpha value is -1.32. The Labute approximate surface area is 119 Å². The highest BCUT2D eigenvalue weighted by Crippen LogP contribution is 2.16. The van der Waals surface area contributed by atoms with Crippen molar-refractivity contribution in [2.24, 2.45) is 0 Å². The molecule has 0 saturated heterocycles. The second-order valence-electron chi connectivity index (χ2n) is 5.03. The molecule has 3 nitrogen and oxygen atoms in total. The fourth-order valence-electron chi connectivity index (χ4n) is 1.89. The molecule has 2 aromatic rings.